The lowest BCUT2D eigenvalue weighted by Crippen LogP contribution is -2.29. The largest absolute Gasteiger partial charge is 0.371 e. The minimum absolute atomic E-state index is 0.0172. The monoisotopic (exact) mass is 507 g/mol. The first-order chi connectivity index (χ1) is 18.5. The summed E-state index contributed by atoms with van der Waals surface area (Å²) in [7, 11) is 3.75. The van der Waals surface area contributed by atoms with Crippen LogP contribution in [0.5, 0.6) is 0 Å². The zero-order valence-corrected chi connectivity index (χ0v) is 21.7. The molecule has 1 saturated carbocycles. The summed E-state index contributed by atoms with van der Waals surface area (Å²) in [5.74, 6) is 7.80. The van der Waals surface area contributed by atoms with Crippen LogP contribution in [0.4, 0.5) is 11.6 Å². The van der Waals surface area contributed by atoms with E-state index >= 15 is 0 Å². The van der Waals surface area contributed by atoms with Crippen LogP contribution in [-0.2, 0) is 31.4 Å². The highest BCUT2D eigenvalue weighted by Crippen LogP contribution is 2.38. The van der Waals surface area contributed by atoms with E-state index in [9.17, 15) is 4.79 Å². The van der Waals surface area contributed by atoms with Crippen LogP contribution < -0.4 is 10.6 Å². The first-order valence-electron chi connectivity index (χ1n) is 12.8. The second-order valence-corrected chi connectivity index (χ2v) is 10.1. The summed E-state index contributed by atoms with van der Waals surface area (Å²) in [6, 6.07) is 5.83. The third kappa shape index (κ3) is 4.93. The highest BCUT2D eigenvalue weighted by atomic mass is 16.2. The first kappa shape index (κ1) is 24.0. The van der Waals surface area contributed by atoms with Crippen molar-refractivity contribution in [3.8, 4) is 11.8 Å². The molecule has 10 heteroatoms. The van der Waals surface area contributed by atoms with Crippen LogP contribution in [0, 0.1) is 23.7 Å². The number of hydrogen-bond acceptors (Lipinski definition) is 8. The molecule has 0 saturated heterocycles. The fourth-order valence-electron chi connectivity index (χ4n) is 4.91. The molecule has 5 heterocycles. The highest BCUT2D eigenvalue weighted by molar-refractivity contribution is 5.97. The van der Waals surface area contributed by atoms with Gasteiger partial charge in [-0.1, -0.05) is 18.9 Å². The summed E-state index contributed by atoms with van der Waals surface area (Å²) in [4.78, 5) is 23.8. The molecule has 0 bridgehead atoms. The smallest absolute Gasteiger partial charge is 0.228 e. The number of carbonyl (C=O) groups excluding carboxylic acids is 1. The number of anilines is 2. The lowest BCUT2D eigenvalue weighted by atomic mass is 10.1. The molecule has 2 aliphatic rings. The van der Waals surface area contributed by atoms with Crippen molar-refractivity contribution in [2.75, 3.05) is 24.2 Å². The molecule has 0 radical (unpaired) electrons. The van der Waals surface area contributed by atoms with E-state index in [1.54, 1.807) is 13.2 Å². The molecule has 1 aliphatic carbocycles. The second kappa shape index (κ2) is 9.84. The number of amides is 1. The van der Waals surface area contributed by atoms with Gasteiger partial charge in [0.15, 0.2) is 11.6 Å². The van der Waals surface area contributed by atoms with Crippen molar-refractivity contribution >= 4 is 28.4 Å². The average Bonchev–Trinajstić information content (AvgIpc) is 3.54. The molecule has 0 unspecified atom stereocenters. The summed E-state index contributed by atoms with van der Waals surface area (Å²) in [6.07, 6.45) is 7.58. The van der Waals surface area contributed by atoms with Crippen LogP contribution in [0.1, 0.15) is 41.4 Å². The highest BCUT2D eigenvalue weighted by Gasteiger charge is 2.39. The van der Waals surface area contributed by atoms with Gasteiger partial charge >= 0.3 is 0 Å². The fraction of sp³-hybridized carbons (Fsp3) is 0.357. The number of rotatable bonds is 5. The van der Waals surface area contributed by atoms with Gasteiger partial charge in [0.05, 0.1) is 11.3 Å². The molecular weight excluding hydrogens is 478 g/mol. The van der Waals surface area contributed by atoms with E-state index in [1.807, 2.05) is 30.1 Å². The number of carbonyl (C=O) groups is 1. The molecule has 0 spiro atoms. The van der Waals surface area contributed by atoms with Crippen molar-refractivity contribution in [3.63, 3.8) is 0 Å². The lowest BCUT2D eigenvalue weighted by Gasteiger charge is -2.25. The van der Waals surface area contributed by atoms with Crippen LogP contribution in [0.15, 0.2) is 36.8 Å². The van der Waals surface area contributed by atoms with E-state index in [4.69, 9.17) is 0 Å². The van der Waals surface area contributed by atoms with E-state index in [0.717, 1.165) is 43.4 Å². The minimum Gasteiger partial charge on any atom is -0.371 e. The van der Waals surface area contributed by atoms with E-state index in [2.05, 4.69) is 71.8 Å². The summed E-state index contributed by atoms with van der Waals surface area (Å²) in [6.45, 7) is 4.79. The van der Waals surface area contributed by atoms with Gasteiger partial charge in [0.2, 0.25) is 5.91 Å². The number of aryl methyl sites for hydroxylation is 1. The van der Waals surface area contributed by atoms with Crippen molar-refractivity contribution in [2.45, 2.75) is 32.9 Å². The average molecular weight is 508 g/mol. The van der Waals surface area contributed by atoms with Crippen LogP contribution >= 0.6 is 0 Å². The van der Waals surface area contributed by atoms with Crippen LogP contribution in [-0.4, -0.2) is 54.3 Å². The maximum atomic E-state index is 12.4. The molecule has 1 amide bonds. The van der Waals surface area contributed by atoms with Gasteiger partial charge < -0.3 is 10.6 Å². The maximum Gasteiger partial charge on any atom is 0.228 e. The third-order valence-corrected chi connectivity index (χ3v) is 7.17. The van der Waals surface area contributed by atoms with Gasteiger partial charge in [0.25, 0.3) is 0 Å². The molecule has 0 aromatic carbocycles. The maximum absolute atomic E-state index is 12.4. The SMILES string of the molecule is CNc1ncc(C#Cc2ccc(CN3CCc4nn(C)cc4C3)cn2)c2cc(NC(=O)[C@H]3C[C@H]3C)nnc12. The number of aromatic nitrogens is 6. The Balaban J connectivity index is 1.19. The quantitative estimate of drug-likeness (QED) is 0.397. The summed E-state index contributed by atoms with van der Waals surface area (Å²) in [5.41, 5.74) is 5.61. The Morgan fingerprint density at radius 1 is 1.18 bits per heavy atom. The van der Waals surface area contributed by atoms with Gasteiger partial charge in [-0.3, -0.25) is 14.4 Å². The predicted molar refractivity (Wildman–Crippen MR) is 144 cm³/mol. The first-order valence-corrected chi connectivity index (χ1v) is 12.8. The zero-order chi connectivity index (χ0) is 26.2. The molecule has 38 heavy (non-hydrogen) atoms. The number of hydrogen-bond donors (Lipinski definition) is 2. The molecule has 6 rings (SSSR count). The van der Waals surface area contributed by atoms with Gasteiger partial charge in [0.1, 0.15) is 11.2 Å². The van der Waals surface area contributed by atoms with Crippen LogP contribution in [0.3, 0.4) is 0 Å². The summed E-state index contributed by atoms with van der Waals surface area (Å²) in [5, 5.41) is 19.7. The standard InChI is InChI=1S/C28H29N9O/c1-17-10-22(17)28(38)32-25-11-23-19(13-31-27(29-2)26(23)34-33-25)5-7-21-6-4-18(12-30-21)14-37-9-8-24-20(16-37)15-36(3)35-24/h4,6,11-13,15,17,22H,8-10,14,16H2,1-3H3,(H,29,31)(H,32,33,38)/t17-,22+/m1/s1. The Morgan fingerprint density at radius 2 is 2.05 bits per heavy atom. The molecule has 10 nitrogen and oxygen atoms in total. The number of nitrogens with one attached hydrogen (secondary N) is 2. The van der Waals surface area contributed by atoms with Crippen LogP contribution in [0.2, 0.25) is 0 Å². The minimum atomic E-state index is -0.0172. The van der Waals surface area contributed by atoms with Crippen molar-refractivity contribution in [2.24, 2.45) is 18.9 Å². The third-order valence-electron chi connectivity index (χ3n) is 7.17. The van der Waals surface area contributed by atoms with Gasteiger partial charge in [0, 0.05) is 75.6 Å². The lowest BCUT2D eigenvalue weighted by molar-refractivity contribution is -0.117. The number of nitrogens with zero attached hydrogens (tertiary/aromatic N) is 7. The Labute approximate surface area is 220 Å². The summed E-state index contributed by atoms with van der Waals surface area (Å²) >= 11 is 0. The van der Waals surface area contributed by atoms with Gasteiger partial charge in [-0.2, -0.15) is 5.10 Å². The molecule has 4 aromatic rings. The van der Waals surface area contributed by atoms with E-state index in [0.29, 0.717) is 34.3 Å². The molecule has 2 atom stereocenters. The normalized spacial score (nSPS) is 18.4. The Morgan fingerprint density at radius 3 is 2.82 bits per heavy atom. The Kier molecular flexibility index (Phi) is 6.21. The zero-order valence-electron chi connectivity index (χ0n) is 21.7. The van der Waals surface area contributed by atoms with Gasteiger partial charge in [-0.05, 0) is 36.0 Å². The second-order valence-electron chi connectivity index (χ2n) is 10.1. The molecule has 1 aliphatic heterocycles. The fourth-order valence-corrected chi connectivity index (χ4v) is 4.91. The number of pyridine rings is 2. The van der Waals surface area contributed by atoms with Crippen molar-refractivity contribution < 1.29 is 4.79 Å². The van der Waals surface area contributed by atoms with Gasteiger partial charge in [-0.25, -0.2) is 9.97 Å². The van der Waals surface area contributed by atoms with E-state index in [1.165, 1.54) is 11.3 Å². The molecule has 192 valence electrons. The van der Waals surface area contributed by atoms with E-state index in [-0.39, 0.29) is 11.8 Å². The molecule has 2 N–H and O–H groups in total. The Bertz CT molecular complexity index is 1580. The molecule has 1 fully saturated rings. The topological polar surface area (TPSA) is 114 Å². The van der Waals surface area contributed by atoms with Crippen molar-refractivity contribution in [1.29, 1.82) is 0 Å². The summed E-state index contributed by atoms with van der Waals surface area (Å²) < 4.78 is 1.90. The van der Waals surface area contributed by atoms with Gasteiger partial charge in [-0.15, -0.1) is 10.2 Å². The van der Waals surface area contributed by atoms with Crippen LogP contribution in [0.25, 0.3) is 10.9 Å². The number of fused-ring (bicyclic) bond motifs is 2. The van der Waals surface area contributed by atoms with Crippen molar-refractivity contribution in [1.82, 2.24) is 34.8 Å². The van der Waals surface area contributed by atoms with E-state index < -0.39 is 0 Å². The predicted octanol–water partition coefficient (Wildman–Crippen LogP) is 2.75. The Hall–Kier alpha value is -4.36. The van der Waals surface area contributed by atoms with Crippen molar-refractivity contribution in [3.05, 3.63) is 64.9 Å². The molecule has 4 aromatic heterocycles. The molecular formula is C28H29N9O.